The summed E-state index contributed by atoms with van der Waals surface area (Å²) in [6.45, 7) is 11.0. The summed E-state index contributed by atoms with van der Waals surface area (Å²) in [5.74, 6) is 0.783. The molecule has 0 aromatic heterocycles. The third-order valence-corrected chi connectivity index (χ3v) is 5.62. The fraction of sp³-hybridized carbons (Fsp3) is 0.933. The third-order valence-electron chi connectivity index (χ3n) is 4.89. The van der Waals surface area contributed by atoms with E-state index in [1.807, 2.05) is 4.90 Å². The Morgan fingerprint density at radius 1 is 1.17 bits per heavy atom. The van der Waals surface area contributed by atoms with Crippen molar-refractivity contribution in [3.63, 3.8) is 0 Å². The van der Waals surface area contributed by atoms with E-state index in [0.29, 0.717) is 18.5 Å². The van der Waals surface area contributed by atoms with Gasteiger partial charge in [-0.1, -0.05) is 6.92 Å². The van der Waals surface area contributed by atoms with Gasteiger partial charge < -0.3 is 9.80 Å². The molecule has 2 rings (SSSR count). The number of nitrogens with one attached hydrogen (secondary N) is 1. The van der Waals surface area contributed by atoms with Crippen molar-refractivity contribution in [2.45, 2.75) is 26.3 Å². The third kappa shape index (κ3) is 5.70. The molecule has 0 radical (unpaired) electrons. The molecule has 0 saturated carbocycles. The number of sulfonamides is 1. The molecule has 2 aliphatic rings. The van der Waals surface area contributed by atoms with Crippen molar-refractivity contribution in [1.82, 2.24) is 19.4 Å². The van der Waals surface area contributed by atoms with Crippen LogP contribution in [-0.4, -0.2) is 93.7 Å². The second kappa shape index (κ2) is 7.92. The maximum atomic E-state index is 11.4. The molecule has 134 valence electrons. The topological polar surface area (TPSA) is 73.0 Å². The van der Waals surface area contributed by atoms with Crippen molar-refractivity contribution >= 4 is 15.9 Å². The zero-order valence-electron chi connectivity index (χ0n) is 14.5. The van der Waals surface area contributed by atoms with E-state index in [1.165, 1.54) is 6.26 Å². The number of carbonyl (C=O) groups is 1. The van der Waals surface area contributed by atoms with Crippen LogP contribution in [0, 0.1) is 5.92 Å². The molecule has 0 unspecified atom stereocenters. The van der Waals surface area contributed by atoms with Gasteiger partial charge in [-0.3, -0.25) is 9.69 Å². The Morgan fingerprint density at radius 2 is 1.83 bits per heavy atom. The average molecular weight is 346 g/mol. The average Bonchev–Trinajstić information content (AvgIpc) is 2.84. The molecular formula is C15H30N4O3S. The van der Waals surface area contributed by atoms with Gasteiger partial charge in [-0.15, -0.1) is 0 Å². The number of hydrogen-bond donors (Lipinski definition) is 1. The number of nitrogens with zero attached hydrogens (tertiary/aromatic N) is 3. The van der Waals surface area contributed by atoms with Crippen LogP contribution >= 0.6 is 0 Å². The molecule has 7 nitrogen and oxygen atoms in total. The van der Waals surface area contributed by atoms with Crippen molar-refractivity contribution < 1.29 is 13.2 Å². The van der Waals surface area contributed by atoms with Gasteiger partial charge in [0.25, 0.3) is 0 Å². The second-order valence-corrected chi connectivity index (χ2v) is 8.70. The molecule has 0 spiro atoms. The maximum Gasteiger partial charge on any atom is 0.219 e. The van der Waals surface area contributed by atoms with Gasteiger partial charge >= 0.3 is 0 Å². The van der Waals surface area contributed by atoms with E-state index in [2.05, 4.69) is 21.4 Å². The largest absolute Gasteiger partial charge is 0.340 e. The summed E-state index contributed by atoms with van der Waals surface area (Å²) in [5, 5.41) is 0. The van der Waals surface area contributed by atoms with E-state index in [-0.39, 0.29) is 5.91 Å². The summed E-state index contributed by atoms with van der Waals surface area (Å²) in [6.07, 6.45) is 2.03. The SMILES string of the molecule is CC(=O)N1CCN([C@H]2CN(CCCNS(C)(=O)=O)C[C@H]2C)CC1. The van der Waals surface area contributed by atoms with Crippen molar-refractivity contribution in [1.29, 1.82) is 0 Å². The molecule has 2 atom stereocenters. The van der Waals surface area contributed by atoms with Crippen LogP contribution in [0.1, 0.15) is 20.3 Å². The fourth-order valence-corrected chi connectivity index (χ4v) is 4.15. The van der Waals surface area contributed by atoms with Gasteiger partial charge in [-0.25, -0.2) is 13.1 Å². The predicted octanol–water partition coefficient (Wildman–Crippen LogP) is -0.590. The lowest BCUT2D eigenvalue weighted by Gasteiger charge is -2.39. The zero-order valence-corrected chi connectivity index (χ0v) is 15.3. The summed E-state index contributed by atoms with van der Waals surface area (Å²) in [6, 6.07) is 0.548. The first-order valence-corrected chi connectivity index (χ1v) is 10.3. The van der Waals surface area contributed by atoms with E-state index in [4.69, 9.17) is 0 Å². The van der Waals surface area contributed by atoms with Gasteiger partial charge in [0.2, 0.25) is 15.9 Å². The van der Waals surface area contributed by atoms with E-state index in [1.54, 1.807) is 6.92 Å². The van der Waals surface area contributed by atoms with Gasteiger partial charge in [0.1, 0.15) is 0 Å². The molecule has 1 amide bonds. The number of rotatable bonds is 6. The Labute approximate surface area is 140 Å². The van der Waals surface area contributed by atoms with Crippen LogP contribution < -0.4 is 4.72 Å². The predicted molar refractivity (Wildman–Crippen MR) is 90.7 cm³/mol. The maximum absolute atomic E-state index is 11.4. The molecular weight excluding hydrogens is 316 g/mol. The molecule has 0 bridgehead atoms. The summed E-state index contributed by atoms with van der Waals surface area (Å²) in [7, 11) is -3.08. The minimum atomic E-state index is -3.08. The van der Waals surface area contributed by atoms with Crippen LogP contribution in [-0.2, 0) is 14.8 Å². The second-order valence-electron chi connectivity index (χ2n) is 6.87. The highest BCUT2D eigenvalue weighted by Crippen LogP contribution is 2.23. The Hall–Kier alpha value is -0.700. The monoisotopic (exact) mass is 346 g/mol. The highest BCUT2D eigenvalue weighted by Gasteiger charge is 2.35. The molecule has 0 aromatic carbocycles. The lowest BCUT2D eigenvalue weighted by Crippen LogP contribution is -2.53. The van der Waals surface area contributed by atoms with Crippen LogP contribution in [0.25, 0.3) is 0 Å². The molecule has 8 heteroatoms. The first kappa shape index (κ1) is 18.6. The molecule has 23 heavy (non-hydrogen) atoms. The first-order chi connectivity index (χ1) is 10.8. The van der Waals surface area contributed by atoms with Gasteiger partial charge in [0.15, 0.2) is 0 Å². The standard InChI is InChI=1S/C15H30N4O3S/c1-13-11-17(6-4-5-16-23(3,21)22)12-15(13)19-9-7-18(8-10-19)14(2)20/h13,15-16H,4-12H2,1-3H3/t13-,15+/m1/s1. The quantitative estimate of drug-likeness (QED) is 0.651. The minimum Gasteiger partial charge on any atom is -0.340 e. The Kier molecular flexibility index (Phi) is 6.41. The van der Waals surface area contributed by atoms with Crippen LogP contribution in [0.3, 0.4) is 0 Å². The Bertz CT molecular complexity index is 503. The highest BCUT2D eigenvalue weighted by molar-refractivity contribution is 7.88. The van der Waals surface area contributed by atoms with E-state index < -0.39 is 10.0 Å². The van der Waals surface area contributed by atoms with Gasteiger partial charge in [-0.05, 0) is 18.9 Å². The van der Waals surface area contributed by atoms with Crippen molar-refractivity contribution in [3.8, 4) is 0 Å². The fourth-order valence-electron chi connectivity index (χ4n) is 3.63. The number of piperazine rings is 1. The lowest BCUT2D eigenvalue weighted by molar-refractivity contribution is -0.130. The van der Waals surface area contributed by atoms with Gasteiger partial charge in [0, 0.05) is 58.8 Å². The molecule has 1 N–H and O–H groups in total. The highest BCUT2D eigenvalue weighted by atomic mass is 32.2. The molecule has 2 saturated heterocycles. The molecule has 2 heterocycles. The smallest absolute Gasteiger partial charge is 0.219 e. The van der Waals surface area contributed by atoms with Crippen molar-refractivity contribution in [2.24, 2.45) is 5.92 Å². The van der Waals surface area contributed by atoms with E-state index in [0.717, 1.165) is 52.2 Å². The molecule has 0 aromatic rings. The summed E-state index contributed by atoms with van der Waals surface area (Å²) in [4.78, 5) is 18.3. The normalized spacial score (nSPS) is 27.5. The zero-order chi connectivity index (χ0) is 17.0. The van der Waals surface area contributed by atoms with Crippen molar-refractivity contribution in [2.75, 3.05) is 58.6 Å². The van der Waals surface area contributed by atoms with Crippen LogP contribution in [0.5, 0.6) is 0 Å². The number of carbonyl (C=O) groups excluding carboxylic acids is 1. The first-order valence-electron chi connectivity index (χ1n) is 8.43. The van der Waals surface area contributed by atoms with Crippen LogP contribution in [0.2, 0.25) is 0 Å². The van der Waals surface area contributed by atoms with E-state index >= 15 is 0 Å². The van der Waals surface area contributed by atoms with E-state index in [9.17, 15) is 13.2 Å². The van der Waals surface area contributed by atoms with Crippen molar-refractivity contribution in [3.05, 3.63) is 0 Å². The molecule has 0 aliphatic carbocycles. The summed E-state index contributed by atoms with van der Waals surface area (Å²) < 4.78 is 24.7. The summed E-state index contributed by atoms with van der Waals surface area (Å²) in [5.41, 5.74) is 0. The number of amides is 1. The van der Waals surface area contributed by atoms with Gasteiger partial charge in [-0.2, -0.15) is 0 Å². The number of likely N-dealkylation sites (tertiary alicyclic amines) is 1. The van der Waals surface area contributed by atoms with Crippen LogP contribution in [0.4, 0.5) is 0 Å². The summed E-state index contributed by atoms with van der Waals surface area (Å²) >= 11 is 0. The lowest BCUT2D eigenvalue weighted by atomic mass is 10.0. The molecule has 2 aliphatic heterocycles. The van der Waals surface area contributed by atoms with Gasteiger partial charge in [0.05, 0.1) is 6.26 Å². The number of hydrogen-bond acceptors (Lipinski definition) is 5. The minimum absolute atomic E-state index is 0.170. The van der Waals surface area contributed by atoms with Crippen LogP contribution in [0.15, 0.2) is 0 Å². The Morgan fingerprint density at radius 3 is 2.39 bits per heavy atom. The molecule has 2 fully saturated rings. The Balaban J connectivity index is 1.73.